The summed E-state index contributed by atoms with van der Waals surface area (Å²) in [5.74, 6) is 0.278. The van der Waals surface area contributed by atoms with Crippen LogP contribution in [0.1, 0.15) is 12.0 Å². The maximum Gasteiger partial charge on any atom is 0.328 e. The summed E-state index contributed by atoms with van der Waals surface area (Å²) in [5, 5.41) is 8.68. The van der Waals surface area contributed by atoms with Crippen LogP contribution in [0.2, 0.25) is 0 Å². The fourth-order valence-electron chi connectivity index (χ4n) is 1.83. The van der Waals surface area contributed by atoms with Crippen molar-refractivity contribution < 1.29 is 24.1 Å². The summed E-state index contributed by atoms with van der Waals surface area (Å²) in [6.07, 6.45) is 3.43. The minimum atomic E-state index is -0.994. The Hall–Kier alpha value is -2.01. The molecule has 0 aliphatic carbocycles. The SMILES string of the molecule is COc1ccc(C=CC(=O)O)c(OC2CCOC2)c1. The van der Waals surface area contributed by atoms with E-state index >= 15 is 0 Å². The van der Waals surface area contributed by atoms with E-state index in [2.05, 4.69) is 0 Å². The molecule has 1 aliphatic rings. The Labute approximate surface area is 111 Å². The van der Waals surface area contributed by atoms with Crippen molar-refractivity contribution >= 4 is 12.0 Å². The Morgan fingerprint density at radius 3 is 3.00 bits per heavy atom. The first-order valence-electron chi connectivity index (χ1n) is 6.02. The third-order valence-electron chi connectivity index (χ3n) is 2.81. The molecule has 1 aromatic rings. The number of hydrogen-bond donors (Lipinski definition) is 1. The number of carbonyl (C=O) groups is 1. The van der Waals surface area contributed by atoms with Crippen molar-refractivity contribution in [3.8, 4) is 11.5 Å². The second-order valence-corrected chi connectivity index (χ2v) is 4.18. The van der Waals surface area contributed by atoms with Crippen molar-refractivity contribution in [1.82, 2.24) is 0 Å². The van der Waals surface area contributed by atoms with E-state index in [1.54, 1.807) is 25.3 Å². The lowest BCUT2D eigenvalue weighted by Crippen LogP contribution is -2.16. The maximum atomic E-state index is 10.6. The molecule has 2 rings (SSSR count). The van der Waals surface area contributed by atoms with Crippen molar-refractivity contribution in [2.24, 2.45) is 0 Å². The van der Waals surface area contributed by atoms with Gasteiger partial charge in [-0.05, 0) is 18.2 Å². The Morgan fingerprint density at radius 2 is 2.37 bits per heavy atom. The van der Waals surface area contributed by atoms with E-state index in [1.165, 1.54) is 6.08 Å². The average Bonchev–Trinajstić information content (AvgIpc) is 2.90. The molecule has 0 aromatic heterocycles. The van der Waals surface area contributed by atoms with Crippen molar-refractivity contribution in [3.63, 3.8) is 0 Å². The minimum Gasteiger partial charge on any atom is -0.497 e. The molecule has 0 radical (unpaired) electrons. The molecule has 1 unspecified atom stereocenters. The number of methoxy groups -OCH3 is 1. The zero-order chi connectivity index (χ0) is 13.7. The van der Waals surface area contributed by atoms with Crippen molar-refractivity contribution in [2.75, 3.05) is 20.3 Å². The van der Waals surface area contributed by atoms with Crippen LogP contribution in [0.5, 0.6) is 11.5 Å². The molecule has 5 heteroatoms. The maximum absolute atomic E-state index is 10.6. The number of carboxylic acids is 1. The van der Waals surface area contributed by atoms with Gasteiger partial charge < -0.3 is 19.3 Å². The molecule has 19 heavy (non-hydrogen) atoms. The molecule has 1 aromatic carbocycles. The van der Waals surface area contributed by atoms with Gasteiger partial charge in [0.25, 0.3) is 0 Å². The summed E-state index contributed by atoms with van der Waals surface area (Å²) in [6, 6.07) is 5.28. The summed E-state index contributed by atoms with van der Waals surface area (Å²) >= 11 is 0. The zero-order valence-electron chi connectivity index (χ0n) is 10.7. The van der Waals surface area contributed by atoms with E-state index in [1.807, 2.05) is 0 Å². The predicted molar refractivity (Wildman–Crippen MR) is 69.5 cm³/mol. The van der Waals surface area contributed by atoms with E-state index in [4.69, 9.17) is 19.3 Å². The second-order valence-electron chi connectivity index (χ2n) is 4.18. The van der Waals surface area contributed by atoms with Crippen molar-refractivity contribution in [3.05, 3.63) is 29.8 Å². The molecule has 1 N–H and O–H groups in total. The predicted octanol–water partition coefficient (Wildman–Crippen LogP) is 1.96. The number of rotatable bonds is 5. The first-order chi connectivity index (χ1) is 9.19. The lowest BCUT2D eigenvalue weighted by atomic mass is 10.1. The number of ether oxygens (including phenoxy) is 3. The van der Waals surface area contributed by atoms with E-state index in [0.717, 1.165) is 12.5 Å². The van der Waals surface area contributed by atoms with Gasteiger partial charge in [0.15, 0.2) is 0 Å². The summed E-state index contributed by atoms with van der Waals surface area (Å²) < 4.78 is 16.2. The lowest BCUT2D eigenvalue weighted by molar-refractivity contribution is -0.131. The largest absolute Gasteiger partial charge is 0.497 e. The van der Waals surface area contributed by atoms with E-state index in [9.17, 15) is 4.79 Å². The molecule has 0 bridgehead atoms. The number of aliphatic carboxylic acids is 1. The highest BCUT2D eigenvalue weighted by Crippen LogP contribution is 2.28. The Balaban J connectivity index is 2.22. The standard InChI is InChI=1S/C14H16O5/c1-17-11-4-2-10(3-5-14(15)16)13(8-11)19-12-6-7-18-9-12/h2-5,8,12H,6-7,9H2,1H3,(H,15,16). The van der Waals surface area contributed by atoms with Crippen LogP contribution in [0, 0.1) is 0 Å². The van der Waals surface area contributed by atoms with Crippen molar-refractivity contribution in [2.45, 2.75) is 12.5 Å². The van der Waals surface area contributed by atoms with Crippen molar-refractivity contribution in [1.29, 1.82) is 0 Å². The van der Waals surface area contributed by atoms with Crippen LogP contribution >= 0.6 is 0 Å². The smallest absolute Gasteiger partial charge is 0.328 e. The molecule has 1 atom stereocenters. The molecule has 0 amide bonds. The topological polar surface area (TPSA) is 65.0 Å². The van der Waals surface area contributed by atoms with Crippen LogP contribution in [0.25, 0.3) is 6.08 Å². The highest BCUT2D eigenvalue weighted by molar-refractivity contribution is 5.86. The number of hydrogen-bond acceptors (Lipinski definition) is 4. The number of benzene rings is 1. The summed E-state index contributed by atoms with van der Waals surface area (Å²) in [6.45, 7) is 1.24. The van der Waals surface area contributed by atoms with E-state index in [0.29, 0.717) is 30.3 Å². The molecule has 102 valence electrons. The fourth-order valence-corrected chi connectivity index (χ4v) is 1.83. The van der Waals surface area contributed by atoms with Crippen LogP contribution in [0.3, 0.4) is 0 Å². The molecule has 1 fully saturated rings. The average molecular weight is 264 g/mol. The van der Waals surface area contributed by atoms with Crippen LogP contribution in [0.4, 0.5) is 0 Å². The molecule has 0 spiro atoms. The second kappa shape index (κ2) is 6.24. The minimum absolute atomic E-state index is 0.00378. The first-order valence-corrected chi connectivity index (χ1v) is 6.02. The normalized spacial score (nSPS) is 18.7. The van der Waals surface area contributed by atoms with Gasteiger partial charge in [-0.2, -0.15) is 0 Å². The molecule has 1 heterocycles. The summed E-state index contributed by atoms with van der Waals surface area (Å²) in [5.41, 5.74) is 0.704. The van der Waals surface area contributed by atoms with Gasteiger partial charge in [-0.3, -0.25) is 0 Å². The van der Waals surface area contributed by atoms with Gasteiger partial charge in [0.05, 0.1) is 20.3 Å². The van der Waals surface area contributed by atoms with Gasteiger partial charge in [0.1, 0.15) is 17.6 Å². The quantitative estimate of drug-likeness (QED) is 0.823. The molecule has 1 aliphatic heterocycles. The van der Waals surface area contributed by atoms with E-state index in [-0.39, 0.29) is 6.10 Å². The molecular weight excluding hydrogens is 248 g/mol. The highest BCUT2D eigenvalue weighted by Gasteiger charge is 2.18. The Kier molecular flexibility index (Phi) is 4.41. The summed E-state index contributed by atoms with van der Waals surface area (Å²) in [4.78, 5) is 10.6. The monoisotopic (exact) mass is 264 g/mol. The van der Waals surface area contributed by atoms with Gasteiger partial charge in [-0.15, -0.1) is 0 Å². The van der Waals surface area contributed by atoms with Crippen LogP contribution in [0.15, 0.2) is 24.3 Å². The van der Waals surface area contributed by atoms with Gasteiger partial charge in [-0.25, -0.2) is 4.79 Å². The van der Waals surface area contributed by atoms with Crippen LogP contribution in [-0.2, 0) is 9.53 Å². The van der Waals surface area contributed by atoms with Crippen LogP contribution in [-0.4, -0.2) is 37.5 Å². The third-order valence-corrected chi connectivity index (χ3v) is 2.81. The van der Waals surface area contributed by atoms with E-state index < -0.39 is 5.97 Å². The Bertz CT molecular complexity index is 475. The first kappa shape index (κ1) is 13.4. The molecular formula is C14H16O5. The Morgan fingerprint density at radius 1 is 1.53 bits per heavy atom. The molecule has 5 nitrogen and oxygen atoms in total. The van der Waals surface area contributed by atoms with Crippen LogP contribution < -0.4 is 9.47 Å². The number of carboxylic acid groups (broad SMARTS) is 1. The van der Waals surface area contributed by atoms with Gasteiger partial charge in [0, 0.05) is 24.1 Å². The summed E-state index contributed by atoms with van der Waals surface area (Å²) in [7, 11) is 1.57. The van der Waals surface area contributed by atoms with Gasteiger partial charge in [0.2, 0.25) is 0 Å². The van der Waals surface area contributed by atoms with Gasteiger partial charge in [-0.1, -0.05) is 0 Å². The third kappa shape index (κ3) is 3.72. The highest BCUT2D eigenvalue weighted by atomic mass is 16.5. The molecule has 0 saturated carbocycles. The van der Waals surface area contributed by atoms with Gasteiger partial charge >= 0.3 is 5.97 Å². The zero-order valence-corrected chi connectivity index (χ0v) is 10.7. The lowest BCUT2D eigenvalue weighted by Gasteiger charge is -2.15. The molecule has 1 saturated heterocycles. The fraction of sp³-hybridized carbons (Fsp3) is 0.357.